The number of aromatic nitrogens is 3. The molecule has 7 nitrogen and oxygen atoms in total. The van der Waals surface area contributed by atoms with Gasteiger partial charge in [-0.05, 0) is 31.7 Å². The molecule has 2 N–H and O–H groups in total. The van der Waals surface area contributed by atoms with E-state index in [4.69, 9.17) is 5.73 Å². The molecule has 1 aliphatic heterocycles. The first-order chi connectivity index (χ1) is 12.6. The first-order valence-corrected chi connectivity index (χ1v) is 9.70. The molecule has 1 saturated heterocycles. The average Bonchev–Trinajstić information content (AvgIpc) is 3.00. The van der Waals surface area contributed by atoms with Crippen molar-refractivity contribution in [1.29, 1.82) is 0 Å². The van der Waals surface area contributed by atoms with Gasteiger partial charge in [-0.15, -0.1) is 10.2 Å². The van der Waals surface area contributed by atoms with Crippen molar-refractivity contribution in [1.82, 2.24) is 19.7 Å². The molecule has 26 heavy (non-hydrogen) atoms. The van der Waals surface area contributed by atoms with Crippen LogP contribution in [0.2, 0.25) is 0 Å². The first-order valence-electron chi connectivity index (χ1n) is 8.71. The van der Waals surface area contributed by atoms with E-state index in [0.717, 1.165) is 24.2 Å². The fraction of sp³-hybridized carbons (Fsp3) is 0.444. The third-order valence-corrected chi connectivity index (χ3v) is 5.51. The third kappa shape index (κ3) is 4.24. The molecule has 1 aromatic carbocycles. The summed E-state index contributed by atoms with van der Waals surface area (Å²) in [4.78, 5) is 25.8. The fourth-order valence-corrected chi connectivity index (χ4v) is 4.02. The van der Waals surface area contributed by atoms with E-state index in [2.05, 4.69) is 10.2 Å². The van der Waals surface area contributed by atoms with Gasteiger partial charge in [-0.1, -0.05) is 42.1 Å². The Balaban J connectivity index is 1.66. The molecule has 1 atom stereocenters. The summed E-state index contributed by atoms with van der Waals surface area (Å²) in [6.07, 6.45) is 2.48. The Morgan fingerprint density at radius 2 is 2.00 bits per heavy atom. The predicted molar refractivity (Wildman–Crippen MR) is 99.6 cm³/mol. The quantitative estimate of drug-likeness (QED) is 0.776. The van der Waals surface area contributed by atoms with Crippen molar-refractivity contribution in [2.24, 2.45) is 5.73 Å². The number of aryl methyl sites for hydroxylation is 1. The lowest BCUT2D eigenvalue weighted by Crippen LogP contribution is -2.51. The lowest BCUT2D eigenvalue weighted by atomic mass is 10.0. The Morgan fingerprint density at radius 1 is 1.23 bits per heavy atom. The highest BCUT2D eigenvalue weighted by Crippen LogP contribution is 2.22. The maximum absolute atomic E-state index is 12.6. The molecular formula is C18H23N5O2S. The monoisotopic (exact) mass is 373 g/mol. The van der Waals surface area contributed by atoms with E-state index >= 15 is 0 Å². The molecule has 0 bridgehead atoms. The topological polar surface area (TPSA) is 94.1 Å². The average molecular weight is 373 g/mol. The lowest BCUT2D eigenvalue weighted by Gasteiger charge is -2.33. The predicted octanol–water partition coefficient (Wildman–Crippen LogP) is 1.59. The number of thioether (sulfide) groups is 1. The summed E-state index contributed by atoms with van der Waals surface area (Å²) in [6.45, 7) is 3.14. The number of hydrogen-bond donors (Lipinski definition) is 1. The molecule has 1 fully saturated rings. The van der Waals surface area contributed by atoms with Gasteiger partial charge in [-0.3, -0.25) is 9.59 Å². The van der Waals surface area contributed by atoms with Gasteiger partial charge in [0, 0.05) is 6.54 Å². The van der Waals surface area contributed by atoms with Gasteiger partial charge in [0.15, 0.2) is 5.16 Å². The Labute approximate surface area is 157 Å². The largest absolute Gasteiger partial charge is 0.368 e. The number of benzene rings is 1. The van der Waals surface area contributed by atoms with Gasteiger partial charge in [-0.25, -0.2) is 0 Å². The molecule has 1 aliphatic rings. The van der Waals surface area contributed by atoms with Crippen molar-refractivity contribution >= 4 is 23.6 Å². The lowest BCUT2D eigenvalue weighted by molar-refractivity contribution is -0.138. The van der Waals surface area contributed by atoms with Gasteiger partial charge in [-0.2, -0.15) is 0 Å². The number of amides is 2. The van der Waals surface area contributed by atoms with Crippen molar-refractivity contribution in [3.63, 3.8) is 0 Å². The summed E-state index contributed by atoms with van der Waals surface area (Å²) < 4.78 is 2.00. The summed E-state index contributed by atoms with van der Waals surface area (Å²) >= 11 is 1.35. The van der Waals surface area contributed by atoms with Crippen LogP contribution in [0.25, 0.3) is 0 Å². The smallest absolute Gasteiger partial charge is 0.240 e. The van der Waals surface area contributed by atoms with E-state index in [9.17, 15) is 9.59 Å². The van der Waals surface area contributed by atoms with Gasteiger partial charge in [0.25, 0.3) is 0 Å². The number of likely N-dealkylation sites (tertiary alicyclic amines) is 1. The Kier molecular flexibility index (Phi) is 5.92. The molecule has 0 radical (unpaired) electrons. The van der Waals surface area contributed by atoms with Crippen LogP contribution >= 0.6 is 11.8 Å². The molecule has 0 saturated carbocycles. The highest BCUT2D eigenvalue weighted by molar-refractivity contribution is 7.99. The van der Waals surface area contributed by atoms with Gasteiger partial charge < -0.3 is 15.2 Å². The number of primary amides is 1. The zero-order valence-corrected chi connectivity index (χ0v) is 15.6. The van der Waals surface area contributed by atoms with Crippen LogP contribution in [-0.4, -0.2) is 49.8 Å². The van der Waals surface area contributed by atoms with E-state index in [-0.39, 0.29) is 11.7 Å². The zero-order chi connectivity index (χ0) is 18.5. The Morgan fingerprint density at radius 3 is 2.73 bits per heavy atom. The summed E-state index contributed by atoms with van der Waals surface area (Å²) in [5.41, 5.74) is 6.60. The summed E-state index contributed by atoms with van der Waals surface area (Å²) in [5.74, 6) is 0.518. The number of nitrogens with two attached hydrogens (primary N) is 1. The third-order valence-electron chi connectivity index (χ3n) is 4.56. The molecule has 2 heterocycles. The van der Waals surface area contributed by atoms with E-state index in [0.29, 0.717) is 24.7 Å². The van der Waals surface area contributed by atoms with Crippen molar-refractivity contribution < 1.29 is 9.59 Å². The van der Waals surface area contributed by atoms with E-state index in [1.165, 1.54) is 11.8 Å². The molecule has 1 unspecified atom stereocenters. The van der Waals surface area contributed by atoms with Crippen molar-refractivity contribution in [3.05, 3.63) is 41.7 Å². The maximum Gasteiger partial charge on any atom is 0.240 e. The van der Waals surface area contributed by atoms with Crippen LogP contribution in [-0.2, 0) is 16.1 Å². The van der Waals surface area contributed by atoms with Gasteiger partial charge in [0.05, 0.1) is 12.3 Å². The molecular weight excluding hydrogens is 350 g/mol. The number of nitrogens with zero attached hydrogens (tertiary/aromatic N) is 4. The molecule has 1 aromatic heterocycles. The van der Waals surface area contributed by atoms with E-state index in [1.807, 2.05) is 41.8 Å². The van der Waals surface area contributed by atoms with Crippen LogP contribution in [0.5, 0.6) is 0 Å². The van der Waals surface area contributed by atoms with Crippen molar-refractivity contribution in [3.8, 4) is 0 Å². The van der Waals surface area contributed by atoms with Crippen LogP contribution in [0.1, 0.15) is 30.7 Å². The van der Waals surface area contributed by atoms with Gasteiger partial charge >= 0.3 is 0 Å². The molecule has 0 aliphatic carbocycles. The first kappa shape index (κ1) is 18.4. The summed E-state index contributed by atoms with van der Waals surface area (Å²) in [6, 6.07) is 9.57. The Bertz CT molecular complexity index is 777. The summed E-state index contributed by atoms with van der Waals surface area (Å²) in [7, 11) is 0. The second kappa shape index (κ2) is 8.35. The molecule has 3 rings (SSSR count). The van der Waals surface area contributed by atoms with Gasteiger partial charge in [0.1, 0.15) is 11.9 Å². The second-order valence-electron chi connectivity index (χ2n) is 6.39. The van der Waals surface area contributed by atoms with Crippen LogP contribution in [0.4, 0.5) is 0 Å². The van der Waals surface area contributed by atoms with Crippen LogP contribution in [0, 0.1) is 6.92 Å². The van der Waals surface area contributed by atoms with E-state index < -0.39 is 11.9 Å². The zero-order valence-electron chi connectivity index (χ0n) is 14.8. The number of carbonyl (C=O) groups is 2. The van der Waals surface area contributed by atoms with E-state index in [1.54, 1.807) is 4.90 Å². The van der Waals surface area contributed by atoms with Crippen LogP contribution in [0.15, 0.2) is 35.5 Å². The second-order valence-corrected chi connectivity index (χ2v) is 7.33. The van der Waals surface area contributed by atoms with Crippen LogP contribution < -0.4 is 5.73 Å². The molecule has 0 spiro atoms. The SMILES string of the molecule is Cc1nnc(SCC(=O)N2CCCCC2C(N)=O)n1Cc1ccccc1. The fourth-order valence-electron chi connectivity index (χ4n) is 3.15. The minimum absolute atomic E-state index is 0.0783. The van der Waals surface area contributed by atoms with Crippen LogP contribution in [0.3, 0.4) is 0 Å². The minimum Gasteiger partial charge on any atom is -0.368 e. The Hall–Kier alpha value is -2.35. The normalized spacial score (nSPS) is 17.3. The van der Waals surface area contributed by atoms with Gasteiger partial charge in [0.2, 0.25) is 11.8 Å². The molecule has 2 amide bonds. The highest BCUT2D eigenvalue weighted by Gasteiger charge is 2.30. The minimum atomic E-state index is -0.485. The molecule has 2 aromatic rings. The highest BCUT2D eigenvalue weighted by atomic mass is 32.2. The number of carbonyl (C=O) groups excluding carboxylic acids is 2. The summed E-state index contributed by atoms with van der Waals surface area (Å²) in [5, 5.41) is 9.04. The van der Waals surface area contributed by atoms with Crippen molar-refractivity contribution in [2.45, 2.75) is 43.9 Å². The van der Waals surface area contributed by atoms with Crippen molar-refractivity contribution in [2.75, 3.05) is 12.3 Å². The molecule has 138 valence electrons. The maximum atomic E-state index is 12.6. The number of piperidine rings is 1. The number of rotatable bonds is 6. The number of hydrogen-bond acceptors (Lipinski definition) is 5. The molecule has 8 heteroatoms. The standard InChI is InChI=1S/C18H23N5O2S/c1-13-20-21-18(23(13)11-14-7-3-2-4-8-14)26-12-16(24)22-10-6-5-9-15(22)17(19)25/h2-4,7-8,15H,5-6,9-12H2,1H3,(H2,19,25).